The predicted molar refractivity (Wildman–Crippen MR) is 137 cm³/mol. The third-order valence-corrected chi connectivity index (χ3v) is 8.82. The second-order valence-electron chi connectivity index (χ2n) is 8.71. The van der Waals surface area contributed by atoms with Crippen molar-refractivity contribution >= 4 is 46.4 Å². The molecular weight excluding hydrogens is 504 g/mol. The number of carbonyl (C=O) groups is 2. The number of thioether (sulfide) groups is 1. The van der Waals surface area contributed by atoms with Gasteiger partial charge in [0, 0.05) is 30.6 Å². The Labute approximate surface area is 217 Å². The van der Waals surface area contributed by atoms with E-state index in [1.165, 1.54) is 23.1 Å². The number of pyridine rings is 1. The average molecular weight is 529 g/mol. The van der Waals surface area contributed by atoms with Gasteiger partial charge in [-0.05, 0) is 59.3 Å². The van der Waals surface area contributed by atoms with Crippen LogP contribution in [0.2, 0.25) is 5.02 Å². The largest absolute Gasteiger partial charge is 0.477 e. The molecule has 6 nitrogen and oxygen atoms in total. The molecule has 0 bridgehead atoms. The maximum atomic E-state index is 13.4. The first-order chi connectivity index (χ1) is 17.0. The van der Waals surface area contributed by atoms with Crippen LogP contribution < -0.4 is 10.1 Å². The highest BCUT2D eigenvalue weighted by Crippen LogP contribution is 2.41. The van der Waals surface area contributed by atoms with Gasteiger partial charge in [-0.2, -0.15) is 11.3 Å². The molecule has 1 aromatic carbocycles. The molecule has 2 unspecified atom stereocenters. The highest BCUT2D eigenvalue weighted by atomic mass is 35.5. The second kappa shape index (κ2) is 10.7. The number of nitrogens with zero attached hydrogens (tertiary/aromatic N) is 1. The van der Waals surface area contributed by atoms with Crippen molar-refractivity contribution in [2.24, 2.45) is 5.92 Å². The van der Waals surface area contributed by atoms with Crippen molar-refractivity contribution in [2.75, 3.05) is 19.8 Å². The fourth-order valence-electron chi connectivity index (χ4n) is 4.44. The van der Waals surface area contributed by atoms with E-state index in [0.717, 1.165) is 31.6 Å². The molecule has 5 rings (SSSR count). The van der Waals surface area contributed by atoms with Gasteiger partial charge in [0.15, 0.2) is 5.78 Å². The number of ether oxygens (including phenoxy) is 2. The predicted octanol–water partition coefficient (Wildman–Crippen LogP) is 5.10. The van der Waals surface area contributed by atoms with Gasteiger partial charge in [0.25, 0.3) is 0 Å². The molecule has 182 valence electrons. The maximum Gasteiger partial charge on any atom is 0.242 e. The quantitative estimate of drug-likeness (QED) is 0.430. The van der Waals surface area contributed by atoms with E-state index < -0.39 is 10.8 Å². The summed E-state index contributed by atoms with van der Waals surface area (Å²) in [5, 5.41) is 6.67. The molecule has 2 aliphatic heterocycles. The fraction of sp³-hybridized carbons (Fsp3) is 0.346. The van der Waals surface area contributed by atoms with E-state index >= 15 is 0 Å². The minimum Gasteiger partial charge on any atom is -0.477 e. The fourth-order valence-corrected chi connectivity index (χ4v) is 6.41. The monoisotopic (exact) mass is 528 g/mol. The molecule has 2 fully saturated rings. The summed E-state index contributed by atoms with van der Waals surface area (Å²) in [6.45, 7) is 2.07. The summed E-state index contributed by atoms with van der Waals surface area (Å²) >= 11 is 8.97. The summed E-state index contributed by atoms with van der Waals surface area (Å²) in [6.07, 6.45) is 2.02. The zero-order valence-corrected chi connectivity index (χ0v) is 21.3. The molecule has 2 atom stereocenters. The van der Waals surface area contributed by atoms with Crippen LogP contribution >= 0.6 is 34.7 Å². The first-order valence-electron chi connectivity index (χ1n) is 11.5. The lowest BCUT2D eigenvalue weighted by Gasteiger charge is -2.39. The molecule has 35 heavy (non-hydrogen) atoms. The number of ketones is 1. The number of thiophene rings is 1. The van der Waals surface area contributed by atoms with Crippen LogP contribution in [0.15, 0.2) is 64.2 Å². The van der Waals surface area contributed by atoms with Crippen LogP contribution in [0, 0.1) is 5.92 Å². The van der Waals surface area contributed by atoms with Crippen LogP contribution in [0.1, 0.15) is 30.5 Å². The van der Waals surface area contributed by atoms with Crippen molar-refractivity contribution in [3.05, 3.63) is 75.6 Å². The first kappa shape index (κ1) is 24.3. The minimum absolute atomic E-state index is 0.0913. The summed E-state index contributed by atoms with van der Waals surface area (Å²) in [5.41, 5.74) is 0.367. The summed E-state index contributed by atoms with van der Waals surface area (Å²) in [6, 6.07) is 14.7. The minimum atomic E-state index is -1.05. The van der Waals surface area contributed by atoms with Gasteiger partial charge in [-0.25, -0.2) is 4.98 Å². The molecule has 1 amide bonds. The Morgan fingerprint density at radius 3 is 2.71 bits per heavy atom. The van der Waals surface area contributed by atoms with E-state index in [4.69, 9.17) is 26.1 Å². The topological polar surface area (TPSA) is 77.5 Å². The Kier molecular flexibility index (Phi) is 7.43. The molecule has 3 aromatic rings. The Morgan fingerprint density at radius 2 is 1.97 bits per heavy atom. The second-order valence-corrected chi connectivity index (χ2v) is 11.0. The lowest BCUT2D eigenvalue weighted by atomic mass is 9.79. The summed E-state index contributed by atoms with van der Waals surface area (Å²) < 4.78 is 11.5. The van der Waals surface area contributed by atoms with E-state index in [-0.39, 0.29) is 18.1 Å². The van der Waals surface area contributed by atoms with Gasteiger partial charge in [0.2, 0.25) is 11.8 Å². The zero-order chi connectivity index (χ0) is 24.3. The molecule has 4 heterocycles. The van der Waals surface area contributed by atoms with Crippen molar-refractivity contribution in [2.45, 2.75) is 34.9 Å². The van der Waals surface area contributed by atoms with Crippen LogP contribution in [0.25, 0.3) is 0 Å². The molecule has 2 aromatic heterocycles. The van der Waals surface area contributed by atoms with Gasteiger partial charge in [0.1, 0.15) is 10.8 Å². The van der Waals surface area contributed by atoms with E-state index in [0.29, 0.717) is 34.0 Å². The Morgan fingerprint density at radius 1 is 1.14 bits per heavy atom. The van der Waals surface area contributed by atoms with E-state index in [1.807, 2.05) is 53.2 Å². The van der Waals surface area contributed by atoms with Crippen LogP contribution in [0.5, 0.6) is 5.88 Å². The molecule has 1 N–H and O–H groups in total. The number of aromatic nitrogens is 1. The standard InChI is InChI=1S/C26H25ClN2O4S2/c27-19-4-1-2-5-21(19)35-24-20(30)14-26(29-25(24)31,18-10-13-34-16-18)22-6-3-7-23(28-22)33-15-17-8-11-32-12-9-17/h1-7,10,13,16-17,24H,8-9,11-12,14-15H2,(H,29,31). The Bertz CT molecular complexity index is 1180. The van der Waals surface area contributed by atoms with E-state index in [1.54, 1.807) is 6.07 Å². The summed E-state index contributed by atoms with van der Waals surface area (Å²) in [7, 11) is 0. The number of rotatable bonds is 7. The van der Waals surface area contributed by atoms with Gasteiger partial charge in [0.05, 0.1) is 17.3 Å². The van der Waals surface area contributed by atoms with Crippen molar-refractivity contribution in [3.8, 4) is 5.88 Å². The number of benzene rings is 1. The number of piperidine rings is 1. The van der Waals surface area contributed by atoms with Gasteiger partial charge >= 0.3 is 0 Å². The molecular formula is C26H25ClN2O4S2. The number of amides is 1. The highest BCUT2D eigenvalue weighted by molar-refractivity contribution is 8.01. The van der Waals surface area contributed by atoms with E-state index in [2.05, 4.69) is 5.32 Å². The third-order valence-electron chi connectivity index (χ3n) is 6.37. The molecule has 0 radical (unpaired) electrons. The van der Waals surface area contributed by atoms with Crippen LogP contribution in [0.3, 0.4) is 0 Å². The van der Waals surface area contributed by atoms with Gasteiger partial charge in [-0.15, -0.1) is 11.8 Å². The number of carbonyl (C=O) groups excluding carboxylic acids is 2. The number of Topliss-reactive ketones (excluding diaryl/α,β-unsaturated/α-hetero) is 1. The molecule has 2 aliphatic rings. The summed E-state index contributed by atoms with van der Waals surface area (Å²) in [4.78, 5) is 32.2. The molecule has 0 spiro atoms. The number of hydrogen-bond acceptors (Lipinski definition) is 7. The maximum absolute atomic E-state index is 13.4. The normalized spacial score (nSPS) is 23.2. The van der Waals surface area contributed by atoms with E-state index in [9.17, 15) is 9.59 Å². The van der Waals surface area contributed by atoms with Gasteiger partial charge < -0.3 is 14.8 Å². The SMILES string of the molecule is O=C1CC(c2ccsc2)(c2cccc(OCC3CCOCC3)n2)NC(=O)C1Sc1ccccc1Cl. The zero-order valence-electron chi connectivity index (χ0n) is 18.9. The van der Waals surface area contributed by atoms with Gasteiger partial charge in [-0.1, -0.05) is 29.8 Å². The first-order valence-corrected chi connectivity index (χ1v) is 13.7. The number of hydrogen-bond donors (Lipinski definition) is 1. The van der Waals surface area contributed by atoms with Gasteiger partial charge in [-0.3, -0.25) is 9.59 Å². The average Bonchev–Trinajstić information content (AvgIpc) is 3.42. The van der Waals surface area contributed by atoms with Crippen molar-refractivity contribution < 1.29 is 19.1 Å². The summed E-state index contributed by atoms with van der Waals surface area (Å²) in [5.74, 6) is 0.393. The third kappa shape index (κ3) is 5.26. The van der Waals surface area contributed by atoms with Crippen LogP contribution in [0.4, 0.5) is 0 Å². The Balaban J connectivity index is 1.41. The smallest absolute Gasteiger partial charge is 0.242 e. The lowest BCUT2D eigenvalue weighted by Crippen LogP contribution is -2.58. The molecule has 0 aliphatic carbocycles. The number of halogens is 1. The van der Waals surface area contributed by atoms with Crippen molar-refractivity contribution in [1.29, 1.82) is 0 Å². The van der Waals surface area contributed by atoms with Crippen molar-refractivity contribution in [1.82, 2.24) is 10.3 Å². The molecule has 2 saturated heterocycles. The van der Waals surface area contributed by atoms with Crippen LogP contribution in [-0.4, -0.2) is 41.7 Å². The molecule has 0 saturated carbocycles. The lowest BCUT2D eigenvalue weighted by molar-refractivity contribution is -0.133. The highest BCUT2D eigenvalue weighted by Gasteiger charge is 2.48. The molecule has 9 heteroatoms. The van der Waals surface area contributed by atoms with Crippen molar-refractivity contribution in [3.63, 3.8) is 0 Å². The van der Waals surface area contributed by atoms with Crippen LogP contribution in [-0.2, 0) is 19.9 Å². The Hall–Kier alpha value is -2.39. The number of nitrogens with one attached hydrogen (secondary N) is 1.